The van der Waals surface area contributed by atoms with E-state index in [-0.39, 0.29) is 17.7 Å². The Kier molecular flexibility index (Phi) is 9.09. The monoisotopic (exact) mass is 460 g/mol. The summed E-state index contributed by atoms with van der Waals surface area (Å²) in [6, 6.07) is 22.4. The van der Waals surface area contributed by atoms with E-state index < -0.39 is 0 Å². The Bertz CT molecular complexity index is 1080. The maximum atomic E-state index is 13.0. The third-order valence-corrected chi connectivity index (χ3v) is 5.44. The summed E-state index contributed by atoms with van der Waals surface area (Å²) in [6.45, 7) is 6.62. The first-order chi connectivity index (χ1) is 16.5. The second-order valence-electron chi connectivity index (χ2n) is 7.80. The van der Waals surface area contributed by atoms with Crippen molar-refractivity contribution in [2.24, 2.45) is 0 Å². The summed E-state index contributed by atoms with van der Waals surface area (Å²) >= 11 is 0. The van der Waals surface area contributed by atoms with Crippen molar-refractivity contribution in [3.63, 3.8) is 0 Å². The van der Waals surface area contributed by atoms with Gasteiger partial charge in [-0.3, -0.25) is 9.59 Å². The van der Waals surface area contributed by atoms with E-state index in [4.69, 9.17) is 9.47 Å². The van der Waals surface area contributed by atoms with Gasteiger partial charge < -0.3 is 20.1 Å². The molecule has 0 heterocycles. The van der Waals surface area contributed by atoms with Crippen LogP contribution in [0.5, 0.6) is 11.5 Å². The zero-order chi connectivity index (χ0) is 24.3. The Hall–Kier alpha value is -3.80. The number of carbonyl (C=O) groups excluding carboxylic acids is 2. The first kappa shape index (κ1) is 24.8. The van der Waals surface area contributed by atoms with Crippen molar-refractivity contribution in [2.75, 3.05) is 23.8 Å². The van der Waals surface area contributed by atoms with Crippen molar-refractivity contribution in [2.45, 2.75) is 39.5 Å². The number of rotatable bonds is 11. The van der Waals surface area contributed by atoms with Gasteiger partial charge >= 0.3 is 0 Å². The third-order valence-electron chi connectivity index (χ3n) is 5.44. The van der Waals surface area contributed by atoms with E-state index in [0.29, 0.717) is 48.1 Å². The van der Waals surface area contributed by atoms with Crippen LogP contribution in [0.25, 0.3) is 0 Å². The predicted molar refractivity (Wildman–Crippen MR) is 136 cm³/mol. The van der Waals surface area contributed by atoms with Gasteiger partial charge in [-0.15, -0.1) is 0 Å². The topological polar surface area (TPSA) is 76.7 Å². The average molecular weight is 461 g/mol. The molecule has 6 nitrogen and oxygen atoms in total. The number of hydrogen-bond acceptors (Lipinski definition) is 4. The molecule has 0 aromatic heterocycles. The van der Waals surface area contributed by atoms with Crippen molar-refractivity contribution < 1.29 is 19.1 Å². The highest BCUT2D eigenvalue weighted by Crippen LogP contribution is 2.37. The van der Waals surface area contributed by atoms with Crippen LogP contribution in [-0.4, -0.2) is 25.0 Å². The van der Waals surface area contributed by atoms with Gasteiger partial charge in [-0.05, 0) is 43.9 Å². The lowest BCUT2D eigenvalue weighted by molar-refractivity contribution is -0.116. The highest BCUT2D eigenvalue weighted by molar-refractivity contribution is 6.05. The predicted octanol–water partition coefficient (Wildman–Crippen LogP) is 6.26. The lowest BCUT2D eigenvalue weighted by Gasteiger charge is -2.19. The average Bonchev–Trinajstić information content (AvgIpc) is 2.86. The molecular weight excluding hydrogens is 428 g/mol. The molecule has 2 N–H and O–H groups in total. The molecule has 3 aromatic carbocycles. The van der Waals surface area contributed by atoms with Crippen LogP contribution in [0, 0.1) is 0 Å². The second-order valence-corrected chi connectivity index (χ2v) is 7.80. The first-order valence-corrected chi connectivity index (χ1v) is 11.7. The van der Waals surface area contributed by atoms with Gasteiger partial charge in [0.1, 0.15) is 11.5 Å². The SMILES string of the molecule is CCOc1cc(NC(=O)c2ccccc2)c(OCC)cc1NC(=O)CC(CC)c1ccccc1. The summed E-state index contributed by atoms with van der Waals surface area (Å²) in [6.07, 6.45) is 1.20. The smallest absolute Gasteiger partial charge is 0.255 e. The van der Waals surface area contributed by atoms with E-state index in [0.717, 1.165) is 12.0 Å². The fourth-order valence-corrected chi connectivity index (χ4v) is 3.74. The molecule has 0 bridgehead atoms. The van der Waals surface area contributed by atoms with Crippen molar-refractivity contribution in [3.8, 4) is 11.5 Å². The number of nitrogens with one attached hydrogen (secondary N) is 2. The van der Waals surface area contributed by atoms with Crippen molar-refractivity contribution in [3.05, 3.63) is 83.9 Å². The van der Waals surface area contributed by atoms with Gasteiger partial charge in [-0.2, -0.15) is 0 Å². The molecule has 2 amide bonds. The molecule has 3 rings (SSSR count). The quantitative estimate of drug-likeness (QED) is 0.354. The molecule has 0 radical (unpaired) electrons. The van der Waals surface area contributed by atoms with Crippen LogP contribution in [0.15, 0.2) is 72.8 Å². The lowest BCUT2D eigenvalue weighted by Crippen LogP contribution is -2.17. The number of anilines is 2. The molecular formula is C28H32N2O4. The first-order valence-electron chi connectivity index (χ1n) is 11.7. The van der Waals surface area contributed by atoms with E-state index in [1.807, 2.05) is 62.4 Å². The molecule has 0 aliphatic rings. The zero-order valence-electron chi connectivity index (χ0n) is 20.0. The Morgan fingerprint density at radius 1 is 0.765 bits per heavy atom. The van der Waals surface area contributed by atoms with Crippen LogP contribution >= 0.6 is 0 Å². The summed E-state index contributed by atoms with van der Waals surface area (Å²) < 4.78 is 11.6. The van der Waals surface area contributed by atoms with Gasteiger partial charge in [-0.25, -0.2) is 0 Å². The standard InChI is InChI=1S/C28H32N2O4/c1-4-20(21-13-9-7-10-14-21)17-27(31)29-23-18-26(34-6-3)24(19-25(23)33-5-2)30-28(32)22-15-11-8-12-16-22/h7-16,18-20H,4-6,17H2,1-3H3,(H,29,31)(H,30,32). The highest BCUT2D eigenvalue weighted by atomic mass is 16.5. The minimum Gasteiger partial charge on any atom is -0.492 e. The fourth-order valence-electron chi connectivity index (χ4n) is 3.74. The molecule has 1 unspecified atom stereocenters. The van der Waals surface area contributed by atoms with Crippen LogP contribution < -0.4 is 20.1 Å². The van der Waals surface area contributed by atoms with E-state index in [9.17, 15) is 9.59 Å². The van der Waals surface area contributed by atoms with Crippen molar-refractivity contribution in [1.29, 1.82) is 0 Å². The number of carbonyl (C=O) groups is 2. The molecule has 178 valence electrons. The highest BCUT2D eigenvalue weighted by Gasteiger charge is 2.19. The van der Waals surface area contributed by atoms with E-state index >= 15 is 0 Å². The zero-order valence-corrected chi connectivity index (χ0v) is 20.0. The molecule has 6 heteroatoms. The number of ether oxygens (including phenoxy) is 2. The minimum absolute atomic E-state index is 0.111. The van der Waals surface area contributed by atoms with Crippen LogP contribution in [0.2, 0.25) is 0 Å². The third kappa shape index (κ3) is 6.61. The molecule has 0 aliphatic heterocycles. The maximum absolute atomic E-state index is 13.0. The van der Waals surface area contributed by atoms with Gasteiger partial charge in [-0.1, -0.05) is 55.5 Å². The maximum Gasteiger partial charge on any atom is 0.255 e. The normalized spacial score (nSPS) is 11.4. The van der Waals surface area contributed by atoms with Gasteiger partial charge in [0.25, 0.3) is 5.91 Å². The summed E-state index contributed by atoms with van der Waals surface area (Å²) in [7, 11) is 0. The van der Waals surface area contributed by atoms with Crippen molar-refractivity contribution in [1.82, 2.24) is 0 Å². The summed E-state index contributed by atoms with van der Waals surface area (Å²) in [5.74, 6) is 0.679. The summed E-state index contributed by atoms with van der Waals surface area (Å²) in [4.78, 5) is 25.7. The molecule has 0 saturated carbocycles. The molecule has 0 spiro atoms. The minimum atomic E-state index is -0.255. The number of amides is 2. The molecule has 34 heavy (non-hydrogen) atoms. The Balaban J connectivity index is 1.84. The molecule has 1 atom stereocenters. The van der Waals surface area contributed by atoms with Gasteiger partial charge in [0.05, 0.1) is 24.6 Å². The van der Waals surface area contributed by atoms with Crippen LogP contribution in [-0.2, 0) is 4.79 Å². The molecule has 0 aliphatic carbocycles. The Morgan fingerprint density at radius 3 is 1.82 bits per heavy atom. The summed E-state index contributed by atoms with van der Waals surface area (Å²) in [5, 5.41) is 5.88. The molecule has 0 fully saturated rings. The van der Waals surface area contributed by atoms with Crippen molar-refractivity contribution >= 4 is 23.2 Å². The van der Waals surface area contributed by atoms with Gasteiger partial charge in [0.15, 0.2) is 0 Å². The van der Waals surface area contributed by atoms with E-state index in [1.54, 1.807) is 24.3 Å². The second kappa shape index (κ2) is 12.4. The Labute approximate surface area is 201 Å². The van der Waals surface area contributed by atoms with E-state index in [2.05, 4.69) is 17.6 Å². The van der Waals surface area contributed by atoms with Crippen LogP contribution in [0.3, 0.4) is 0 Å². The molecule has 0 saturated heterocycles. The van der Waals surface area contributed by atoms with Gasteiger partial charge in [0, 0.05) is 24.1 Å². The molecule has 3 aromatic rings. The van der Waals surface area contributed by atoms with Gasteiger partial charge in [0.2, 0.25) is 5.91 Å². The van der Waals surface area contributed by atoms with Crippen LogP contribution in [0.1, 0.15) is 55.5 Å². The van der Waals surface area contributed by atoms with E-state index in [1.165, 1.54) is 0 Å². The number of hydrogen-bond donors (Lipinski definition) is 2. The summed E-state index contributed by atoms with van der Waals surface area (Å²) in [5.41, 5.74) is 2.66. The largest absolute Gasteiger partial charge is 0.492 e. The lowest BCUT2D eigenvalue weighted by atomic mass is 9.93. The van der Waals surface area contributed by atoms with Crippen LogP contribution in [0.4, 0.5) is 11.4 Å². The number of benzene rings is 3. The Morgan fingerprint density at radius 2 is 1.29 bits per heavy atom. The fraction of sp³-hybridized carbons (Fsp3) is 0.286.